The van der Waals surface area contributed by atoms with Gasteiger partial charge in [0.2, 0.25) is 0 Å². The molecule has 5 nitrogen and oxygen atoms in total. The van der Waals surface area contributed by atoms with Gasteiger partial charge < -0.3 is 16.0 Å². The fraction of sp³-hybridized carbons (Fsp3) is 0.333. The lowest BCUT2D eigenvalue weighted by molar-refractivity contribution is 0.252. The highest BCUT2D eigenvalue weighted by Crippen LogP contribution is 2.22. The number of rotatable bonds is 4. The molecule has 0 saturated carbocycles. The van der Waals surface area contributed by atoms with E-state index in [-0.39, 0.29) is 6.03 Å². The van der Waals surface area contributed by atoms with Crippen LogP contribution in [-0.2, 0) is 12.8 Å². The van der Waals surface area contributed by atoms with Crippen molar-refractivity contribution in [1.82, 2.24) is 10.3 Å². The number of halogens is 1. The van der Waals surface area contributed by atoms with E-state index in [0.717, 1.165) is 36.5 Å². The van der Waals surface area contributed by atoms with Crippen LogP contribution >= 0.6 is 11.6 Å². The Labute approximate surface area is 146 Å². The summed E-state index contributed by atoms with van der Waals surface area (Å²) in [5.41, 5.74) is 3.90. The van der Waals surface area contributed by atoms with Crippen LogP contribution in [0.4, 0.5) is 16.3 Å². The third kappa shape index (κ3) is 4.17. The van der Waals surface area contributed by atoms with E-state index < -0.39 is 0 Å². The van der Waals surface area contributed by atoms with E-state index in [1.54, 1.807) is 6.07 Å². The van der Waals surface area contributed by atoms with Gasteiger partial charge in [0.25, 0.3) is 0 Å². The van der Waals surface area contributed by atoms with Crippen LogP contribution in [0.25, 0.3) is 0 Å². The number of pyridine rings is 1. The molecule has 0 unspecified atom stereocenters. The summed E-state index contributed by atoms with van der Waals surface area (Å²) in [7, 11) is 0. The van der Waals surface area contributed by atoms with Crippen molar-refractivity contribution in [2.24, 2.45) is 0 Å². The van der Waals surface area contributed by atoms with Gasteiger partial charge in [0, 0.05) is 25.2 Å². The summed E-state index contributed by atoms with van der Waals surface area (Å²) in [6.07, 6.45) is 2.91. The second kappa shape index (κ2) is 7.53. The Balaban J connectivity index is 1.51. The van der Waals surface area contributed by atoms with Gasteiger partial charge in [-0.3, -0.25) is 0 Å². The van der Waals surface area contributed by atoms with Crippen molar-refractivity contribution < 1.29 is 4.79 Å². The number of hydrogen-bond acceptors (Lipinski definition) is 3. The highest BCUT2D eigenvalue weighted by molar-refractivity contribution is 6.33. The van der Waals surface area contributed by atoms with Gasteiger partial charge in [-0.15, -0.1) is 0 Å². The van der Waals surface area contributed by atoms with Crippen LogP contribution in [0.5, 0.6) is 0 Å². The lowest BCUT2D eigenvalue weighted by Crippen LogP contribution is -2.30. The molecule has 1 aromatic heterocycles. The van der Waals surface area contributed by atoms with Crippen molar-refractivity contribution in [2.75, 3.05) is 23.7 Å². The third-order valence-electron chi connectivity index (χ3n) is 3.99. The molecule has 1 aromatic carbocycles. The zero-order valence-corrected chi connectivity index (χ0v) is 14.4. The van der Waals surface area contributed by atoms with E-state index >= 15 is 0 Å². The maximum atomic E-state index is 12.0. The molecular formula is C18H21ClN4O. The zero-order chi connectivity index (χ0) is 16.9. The molecule has 3 rings (SSSR count). The molecule has 6 heteroatoms. The molecule has 0 radical (unpaired) electrons. The molecule has 3 N–H and O–H groups in total. The number of carbonyl (C=O) groups excluding carboxylic acids is 1. The highest BCUT2D eigenvalue weighted by Gasteiger charge is 2.10. The first-order valence-electron chi connectivity index (χ1n) is 8.15. The number of fused-ring (bicyclic) bond motifs is 1. The van der Waals surface area contributed by atoms with Crippen molar-refractivity contribution in [3.63, 3.8) is 0 Å². The Morgan fingerprint density at radius 1 is 1.33 bits per heavy atom. The van der Waals surface area contributed by atoms with E-state index in [4.69, 9.17) is 11.6 Å². The average Bonchev–Trinajstić information content (AvgIpc) is 2.58. The molecule has 0 atom stereocenters. The molecule has 0 fully saturated rings. The third-order valence-corrected chi connectivity index (χ3v) is 4.32. The van der Waals surface area contributed by atoms with E-state index in [1.807, 2.05) is 25.1 Å². The minimum absolute atomic E-state index is 0.265. The van der Waals surface area contributed by atoms with Crippen LogP contribution in [0, 0.1) is 6.92 Å². The SMILES string of the molecule is Cc1ccc(Cl)c(NC(=O)NCCc2ccc3c(n2)NCCC3)c1. The number of urea groups is 1. The number of carbonyl (C=O) groups is 1. The second-order valence-electron chi connectivity index (χ2n) is 5.95. The van der Waals surface area contributed by atoms with Gasteiger partial charge in [-0.05, 0) is 49.1 Å². The minimum atomic E-state index is -0.265. The molecule has 0 spiro atoms. The van der Waals surface area contributed by atoms with Gasteiger partial charge in [0.15, 0.2) is 0 Å². The first-order chi connectivity index (χ1) is 11.6. The summed E-state index contributed by atoms with van der Waals surface area (Å²) in [6, 6.07) is 9.41. The normalized spacial score (nSPS) is 12.9. The van der Waals surface area contributed by atoms with Crippen LogP contribution in [0.15, 0.2) is 30.3 Å². The number of amides is 2. The van der Waals surface area contributed by atoms with Crippen LogP contribution in [0.3, 0.4) is 0 Å². The van der Waals surface area contributed by atoms with E-state index in [9.17, 15) is 4.79 Å². The predicted octanol–water partition coefficient (Wildman–Crippen LogP) is 3.77. The summed E-state index contributed by atoms with van der Waals surface area (Å²) < 4.78 is 0. The Hall–Kier alpha value is -2.27. The number of aromatic nitrogens is 1. The Kier molecular flexibility index (Phi) is 5.20. The molecule has 0 saturated heterocycles. The number of anilines is 2. The second-order valence-corrected chi connectivity index (χ2v) is 6.36. The Bertz CT molecular complexity index is 748. The largest absolute Gasteiger partial charge is 0.370 e. The fourth-order valence-electron chi connectivity index (χ4n) is 2.71. The summed E-state index contributed by atoms with van der Waals surface area (Å²) in [5, 5.41) is 9.46. The number of hydrogen-bond donors (Lipinski definition) is 3. The molecule has 2 heterocycles. The van der Waals surface area contributed by atoms with E-state index in [2.05, 4.69) is 27.0 Å². The van der Waals surface area contributed by atoms with Crippen LogP contribution < -0.4 is 16.0 Å². The lowest BCUT2D eigenvalue weighted by atomic mass is 10.1. The number of nitrogens with one attached hydrogen (secondary N) is 3. The maximum Gasteiger partial charge on any atom is 0.319 e. The van der Waals surface area contributed by atoms with Gasteiger partial charge in [0.1, 0.15) is 5.82 Å². The Morgan fingerprint density at radius 2 is 2.21 bits per heavy atom. The average molecular weight is 345 g/mol. The topological polar surface area (TPSA) is 66.0 Å². The molecule has 2 aromatic rings. The standard InChI is InChI=1S/C18H21ClN4O/c1-12-4-7-15(19)16(11-12)23-18(24)21-10-8-14-6-5-13-3-2-9-20-17(13)22-14/h4-7,11H,2-3,8-10H2,1H3,(H,20,22)(H2,21,23,24). The van der Waals surface area contributed by atoms with Crippen molar-refractivity contribution >= 4 is 29.1 Å². The summed E-state index contributed by atoms with van der Waals surface area (Å²) in [5.74, 6) is 0.981. The van der Waals surface area contributed by atoms with Crippen molar-refractivity contribution in [2.45, 2.75) is 26.2 Å². The van der Waals surface area contributed by atoms with Crippen LogP contribution in [0.2, 0.25) is 5.02 Å². The molecule has 1 aliphatic heterocycles. The molecule has 0 aliphatic carbocycles. The highest BCUT2D eigenvalue weighted by atomic mass is 35.5. The maximum absolute atomic E-state index is 12.0. The molecule has 24 heavy (non-hydrogen) atoms. The summed E-state index contributed by atoms with van der Waals surface area (Å²) in [4.78, 5) is 16.6. The molecular weight excluding hydrogens is 324 g/mol. The van der Waals surface area contributed by atoms with Crippen molar-refractivity contribution in [3.8, 4) is 0 Å². The van der Waals surface area contributed by atoms with E-state index in [0.29, 0.717) is 23.7 Å². The first kappa shape index (κ1) is 16.6. The first-order valence-corrected chi connectivity index (χ1v) is 8.53. The monoisotopic (exact) mass is 344 g/mol. The molecule has 1 aliphatic rings. The quantitative estimate of drug-likeness (QED) is 0.791. The van der Waals surface area contributed by atoms with E-state index in [1.165, 1.54) is 5.56 Å². The summed E-state index contributed by atoms with van der Waals surface area (Å²) >= 11 is 6.08. The fourth-order valence-corrected chi connectivity index (χ4v) is 2.88. The van der Waals surface area contributed by atoms with Gasteiger partial charge in [-0.1, -0.05) is 23.7 Å². The number of nitrogens with zero attached hydrogens (tertiary/aromatic N) is 1. The van der Waals surface area contributed by atoms with Crippen molar-refractivity contribution in [1.29, 1.82) is 0 Å². The zero-order valence-electron chi connectivity index (χ0n) is 13.7. The van der Waals surface area contributed by atoms with Gasteiger partial charge >= 0.3 is 6.03 Å². The number of benzene rings is 1. The summed E-state index contributed by atoms with van der Waals surface area (Å²) in [6.45, 7) is 3.44. The predicted molar refractivity (Wildman–Crippen MR) is 98.0 cm³/mol. The molecule has 0 bridgehead atoms. The smallest absolute Gasteiger partial charge is 0.319 e. The van der Waals surface area contributed by atoms with Crippen LogP contribution in [-0.4, -0.2) is 24.1 Å². The molecule has 126 valence electrons. The molecule has 2 amide bonds. The van der Waals surface area contributed by atoms with Gasteiger partial charge in [0.05, 0.1) is 10.7 Å². The lowest BCUT2D eigenvalue weighted by Gasteiger charge is -2.17. The van der Waals surface area contributed by atoms with Gasteiger partial charge in [-0.25, -0.2) is 9.78 Å². The Morgan fingerprint density at radius 3 is 3.08 bits per heavy atom. The number of aryl methyl sites for hydroxylation is 2. The van der Waals surface area contributed by atoms with Crippen molar-refractivity contribution in [3.05, 3.63) is 52.2 Å². The minimum Gasteiger partial charge on any atom is -0.370 e. The van der Waals surface area contributed by atoms with Gasteiger partial charge in [-0.2, -0.15) is 0 Å². The van der Waals surface area contributed by atoms with Crippen LogP contribution in [0.1, 0.15) is 23.2 Å².